The number of Topliss-reactive ketones (excluding diaryl/α,β-unsaturated/α-hetero) is 1. The standard InChI is InChI=1S/C15H25NO2/c1-4-6-7-13(5-2)11-18-12-15(17)14-8-9-16(3)10-14/h8-10,13H,4-7,11-12H2,1-3H3. The third-order valence-electron chi connectivity index (χ3n) is 3.28. The van der Waals surface area contributed by atoms with E-state index in [-0.39, 0.29) is 12.4 Å². The summed E-state index contributed by atoms with van der Waals surface area (Å²) in [7, 11) is 1.91. The summed E-state index contributed by atoms with van der Waals surface area (Å²) in [6.07, 6.45) is 8.50. The van der Waals surface area contributed by atoms with Crippen molar-refractivity contribution in [2.45, 2.75) is 39.5 Å². The van der Waals surface area contributed by atoms with E-state index in [1.165, 1.54) is 19.3 Å². The number of nitrogens with zero attached hydrogens (tertiary/aromatic N) is 1. The number of aryl methyl sites for hydroxylation is 1. The van der Waals surface area contributed by atoms with Crippen LogP contribution in [0.15, 0.2) is 18.5 Å². The first-order valence-corrected chi connectivity index (χ1v) is 6.90. The van der Waals surface area contributed by atoms with E-state index in [1.807, 2.05) is 30.1 Å². The molecule has 1 atom stereocenters. The molecule has 0 saturated heterocycles. The fourth-order valence-electron chi connectivity index (χ4n) is 1.97. The van der Waals surface area contributed by atoms with Gasteiger partial charge in [-0.15, -0.1) is 0 Å². The molecular weight excluding hydrogens is 226 g/mol. The molecule has 0 aromatic carbocycles. The fraction of sp³-hybridized carbons (Fsp3) is 0.667. The van der Waals surface area contributed by atoms with Crippen molar-refractivity contribution < 1.29 is 9.53 Å². The van der Waals surface area contributed by atoms with Gasteiger partial charge in [0.15, 0.2) is 5.78 Å². The lowest BCUT2D eigenvalue weighted by Gasteiger charge is -2.14. The van der Waals surface area contributed by atoms with Crippen molar-refractivity contribution in [2.75, 3.05) is 13.2 Å². The van der Waals surface area contributed by atoms with E-state index in [1.54, 1.807) is 0 Å². The molecule has 1 rings (SSSR count). The zero-order valence-electron chi connectivity index (χ0n) is 11.8. The van der Waals surface area contributed by atoms with Crippen molar-refractivity contribution in [1.82, 2.24) is 4.57 Å². The molecular formula is C15H25NO2. The van der Waals surface area contributed by atoms with Crippen LogP contribution in [0.5, 0.6) is 0 Å². The molecule has 3 nitrogen and oxygen atoms in total. The van der Waals surface area contributed by atoms with Crippen molar-refractivity contribution in [3.63, 3.8) is 0 Å². The lowest BCUT2D eigenvalue weighted by molar-refractivity contribution is 0.0658. The Kier molecular flexibility index (Phi) is 6.73. The average molecular weight is 251 g/mol. The zero-order chi connectivity index (χ0) is 13.4. The molecule has 0 aliphatic carbocycles. The number of unbranched alkanes of at least 4 members (excludes halogenated alkanes) is 1. The first-order valence-electron chi connectivity index (χ1n) is 6.90. The highest BCUT2D eigenvalue weighted by Gasteiger charge is 2.10. The van der Waals surface area contributed by atoms with Gasteiger partial charge in [0.05, 0.1) is 0 Å². The normalized spacial score (nSPS) is 12.6. The summed E-state index contributed by atoms with van der Waals surface area (Å²) in [6.45, 7) is 5.29. The number of ketones is 1. The average Bonchev–Trinajstić information content (AvgIpc) is 2.80. The number of hydrogen-bond acceptors (Lipinski definition) is 2. The quantitative estimate of drug-likeness (QED) is 0.629. The van der Waals surface area contributed by atoms with Gasteiger partial charge in [-0.25, -0.2) is 0 Å². The molecule has 0 bridgehead atoms. The molecule has 1 aromatic heterocycles. The van der Waals surface area contributed by atoms with Crippen LogP contribution in [0.3, 0.4) is 0 Å². The number of rotatable bonds is 9. The van der Waals surface area contributed by atoms with Gasteiger partial charge in [0.2, 0.25) is 0 Å². The Labute approximate surface area is 110 Å². The van der Waals surface area contributed by atoms with Gasteiger partial charge in [-0.1, -0.05) is 33.1 Å². The number of hydrogen-bond donors (Lipinski definition) is 0. The van der Waals surface area contributed by atoms with Gasteiger partial charge in [0.25, 0.3) is 0 Å². The number of carbonyl (C=O) groups is 1. The fourth-order valence-corrected chi connectivity index (χ4v) is 1.97. The second-order valence-corrected chi connectivity index (χ2v) is 4.92. The topological polar surface area (TPSA) is 31.2 Å². The van der Waals surface area contributed by atoms with Crippen LogP contribution in [-0.2, 0) is 11.8 Å². The van der Waals surface area contributed by atoms with Gasteiger partial charge in [-0.2, -0.15) is 0 Å². The van der Waals surface area contributed by atoms with Gasteiger partial charge >= 0.3 is 0 Å². The lowest BCUT2D eigenvalue weighted by atomic mass is 10.0. The van der Waals surface area contributed by atoms with Crippen molar-refractivity contribution in [1.29, 1.82) is 0 Å². The second-order valence-electron chi connectivity index (χ2n) is 4.92. The summed E-state index contributed by atoms with van der Waals surface area (Å²) in [5.74, 6) is 0.662. The first kappa shape index (κ1) is 15.0. The van der Waals surface area contributed by atoms with Crippen molar-refractivity contribution in [3.05, 3.63) is 24.0 Å². The van der Waals surface area contributed by atoms with Crippen molar-refractivity contribution in [3.8, 4) is 0 Å². The number of carbonyl (C=O) groups excluding carboxylic acids is 1. The van der Waals surface area contributed by atoms with Crippen LogP contribution >= 0.6 is 0 Å². The maximum atomic E-state index is 11.8. The largest absolute Gasteiger partial charge is 0.373 e. The molecule has 0 N–H and O–H groups in total. The molecule has 0 radical (unpaired) electrons. The second kappa shape index (κ2) is 8.09. The lowest BCUT2D eigenvalue weighted by Crippen LogP contribution is -2.14. The minimum absolute atomic E-state index is 0.0703. The number of ether oxygens (including phenoxy) is 1. The van der Waals surface area contributed by atoms with Crippen LogP contribution in [0, 0.1) is 5.92 Å². The molecule has 0 fully saturated rings. The molecule has 1 unspecified atom stereocenters. The molecule has 3 heteroatoms. The Hall–Kier alpha value is -1.09. The molecule has 1 heterocycles. The van der Waals surface area contributed by atoms with Gasteiger partial charge in [0, 0.05) is 31.6 Å². The van der Waals surface area contributed by atoms with E-state index in [0.717, 1.165) is 12.0 Å². The maximum Gasteiger partial charge on any atom is 0.189 e. The maximum absolute atomic E-state index is 11.8. The summed E-state index contributed by atoms with van der Waals surface area (Å²) in [5.41, 5.74) is 0.735. The van der Waals surface area contributed by atoms with Gasteiger partial charge < -0.3 is 9.30 Å². The number of aromatic nitrogens is 1. The molecule has 0 aliphatic heterocycles. The molecule has 102 valence electrons. The highest BCUT2D eigenvalue weighted by atomic mass is 16.5. The van der Waals surface area contributed by atoms with E-state index < -0.39 is 0 Å². The van der Waals surface area contributed by atoms with Crippen LogP contribution in [0.25, 0.3) is 0 Å². The summed E-state index contributed by atoms with van der Waals surface area (Å²) in [5, 5.41) is 0. The van der Waals surface area contributed by atoms with E-state index in [0.29, 0.717) is 12.5 Å². The predicted molar refractivity (Wildman–Crippen MR) is 73.9 cm³/mol. The Bertz CT molecular complexity index is 357. The molecule has 0 amide bonds. The highest BCUT2D eigenvalue weighted by Crippen LogP contribution is 2.13. The molecule has 18 heavy (non-hydrogen) atoms. The van der Waals surface area contributed by atoms with Gasteiger partial charge in [0.1, 0.15) is 6.61 Å². The smallest absolute Gasteiger partial charge is 0.189 e. The van der Waals surface area contributed by atoms with E-state index >= 15 is 0 Å². The Morgan fingerprint density at radius 1 is 1.44 bits per heavy atom. The molecule has 0 aliphatic rings. The van der Waals surface area contributed by atoms with Crippen LogP contribution in [0.4, 0.5) is 0 Å². The molecule has 0 saturated carbocycles. The molecule has 0 spiro atoms. The Morgan fingerprint density at radius 2 is 2.22 bits per heavy atom. The summed E-state index contributed by atoms with van der Waals surface area (Å²) >= 11 is 0. The summed E-state index contributed by atoms with van der Waals surface area (Å²) in [4.78, 5) is 11.8. The Balaban J connectivity index is 2.26. The van der Waals surface area contributed by atoms with E-state index in [4.69, 9.17) is 4.74 Å². The van der Waals surface area contributed by atoms with E-state index in [9.17, 15) is 4.79 Å². The van der Waals surface area contributed by atoms with Gasteiger partial charge in [-0.05, 0) is 18.4 Å². The molecule has 1 aromatic rings. The predicted octanol–water partition coefficient (Wildman–Crippen LogP) is 3.44. The SMILES string of the molecule is CCCCC(CC)COCC(=O)c1ccn(C)c1. The van der Waals surface area contributed by atoms with Crippen LogP contribution in [0.2, 0.25) is 0 Å². The van der Waals surface area contributed by atoms with Crippen LogP contribution in [0.1, 0.15) is 49.9 Å². The Morgan fingerprint density at radius 3 is 2.78 bits per heavy atom. The summed E-state index contributed by atoms with van der Waals surface area (Å²) < 4.78 is 7.43. The van der Waals surface area contributed by atoms with Crippen molar-refractivity contribution in [2.24, 2.45) is 13.0 Å². The van der Waals surface area contributed by atoms with Crippen LogP contribution < -0.4 is 0 Å². The van der Waals surface area contributed by atoms with Crippen LogP contribution in [-0.4, -0.2) is 23.6 Å². The third kappa shape index (κ3) is 5.05. The highest BCUT2D eigenvalue weighted by molar-refractivity contribution is 5.96. The monoisotopic (exact) mass is 251 g/mol. The first-order chi connectivity index (χ1) is 8.67. The van der Waals surface area contributed by atoms with E-state index in [2.05, 4.69) is 13.8 Å². The minimum Gasteiger partial charge on any atom is -0.373 e. The van der Waals surface area contributed by atoms with Crippen molar-refractivity contribution >= 4 is 5.78 Å². The third-order valence-corrected chi connectivity index (χ3v) is 3.28. The van der Waals surface area contributed by atoms with Gasteiger partial charge in [-0.3, -0.25) is 4.79 Å². The zero-order valence-corrected chi connectivity index (χ0v) is 11.8. The summed E-state index contributed by atoms with van der Waals surface area (Å²) in [6, 6.07) is 1.83. The minimum atomic E-state index is 0.0703.